The second-order valence-corrected chi connectivity index (χ2v) is 3.81. The second kappa shape index (κ2) is 8.26. The van der Waals surface area contributed by atoms with Gasteiger partial charge < -0.3 is 14.4 Å². The Morgan fingerprint density at radius 1 is 1.43 bits per heavy atom. The van der Waals surface area contributed by atoms with Gasteiger partial charge in [0.15, 0.2) is 0 Å². The minimum atomic E-state index is -1.14. The number of carbonyl (C=O) groups is 1. The molecule has 88 valence electrons. The fourth-order valence-corrected chi connectivity index (χ4v) is 0.952. The van der Waals surface area contributed by atoms with Crippen LogP contribution in [0.15, 0.2) is 0 Å². The molecule has 0 fully saturated rings. The van der Waals surface area contributed by atoms with Crippen LogP contribution in [0.4, 0.5) is 0 Å². The van der Waals surface area contributed by atoms with E-state index in [-0.39, 0.29) is 31.2 Å². The SMILES string of the molecule is C[N+](C)(C)CC(CC(=O)[O-])ON.Cl.Cl. The van der Waals surface area contributed by atoms with E-state index < -0.39 is 12.1 Å². The number of hydrogen-bond donors (Lipinski definition) is 1. The molecule has 0 aromatic heterocycles. The molecule has 0 spiro atoms. The lowest BCUT2D eigenvalue weighted by atomic mass is 10.2. The van der Waals surface area contributed by atoms with Gasteiger partial charge in [0.2, 0.25) is 0 Å². The second-order valence-electron chi connectivity index (χ2n) is 3.81. The van der Waals surface area contributed by atoms with Gasteiger partial charge >= 0.3 is 0 Å². The van der Waals surface area contributed by atoms with Gasteiger partial charge in [0.1, 0.15) is 12.6 Å². The highest BCUT2D eigenvalue weighted by molar-refractivity contribution is 5.85. The maximum atomic E-state index is 10.2. The van der Waals surface area contributed by atoms with Crippen LogP contribution in [0.5, 0.6) is 0 Å². The Morgan fingerprint density at radius 2 is 1.86 bits per heavy atom. The van der Waals surface area contributed by atoms with Crippen molar-refractivity contribution in [1.82, 2.24) is 0 Å². The maximum Gasteiger partial charge on any atom is 0.133 e. The molecule has 0 aromatic rings. The van der Waals surface area contributed by atoms with E-state index in [1.165, 1.54) is 0 Å². The molecule has 0 saturated carbocycles. The highest BCUT2D eigenvalue weighted by atomic mass is 35.5. The first-order valence-electron chi connectivity index (χ1n) is 3.71. The number of hydrogen-bond acceptors (Lipinski definition) is 4. The molecule has 0 aliphatic heterocycles. The first-order valence-corrected chi connectivity index (χ1v) is 3.71. The van der Waals surface area contributed by atoms with Crippen molar-refractivity contribution < 1.29 is 19.2 Å². The summed E-state index contributed by atoms with van der Waals surface area (Å²) in [5, 5.41) is 10.2. The molecular weight excluding hydrogens is 231 g/mol. The molecule has 0 saturated heterocycles. The van der Waals surface area contributed by atoms with Crippen molar-refractivity contribution in [3.63, 3.8) is 0 Å². The van der Waals surface area contributed by atoms with Crippen LogP contribution >= 0.6 is 24.8 Å². The molecule has 0 rings (SSSR count). The van der Waals surface area contributed by atoms with E-state index in [0.29, 0.717) is 11.0 Å². The van der Waals surface area contributed by atoms with Gasteiger partial charge in [0.25, 0.3) is 0 Å². The number of nitrogens with zero attached hydrogens (tertiary/aromatic N) is 1. The monoisotopic (exact) mass is 248 g/mol. The highest BCUT2D eigenvalue weighted by Gasteiger charge is 2.18. The third-order valence-electron chi connectivity index (χ3n) is 1.34. The predicted octanol–water partition coefficient (Wildman–Crippen LogP) is -1.06. The van der Waals surface area contributed by atoms with Crippen LogP contribution < -0.4 is 11.0 Å². The first-order chi connectivity index (χ1) is 5.35. The number of likely N-dealkylation sites (N-methyl/N-ethyl adjacent to an activating group) is 1. The Morgan fingerprint density at radius 3 is 2.07 bits per heavy atom. The van der Waals surface area contributed by atoms with Crippen molar-refractivity contribution in [3.8, 4) is 0 Å². The summed E-state index contributed by atoms with van der Waals surface area (Å²) in [5.74, 6) is 3.79. The average Bonchev–Trinajstić information content (AvgIpc) is 1.82. The van der Waals surface area contributed by atoms with E-state index in [1.54, 1.807) is 0 Å². The molecule has 0 aliphatic carbocycles. The summed E-state index contributed by atoms with van der Waals surface area (Å²) in [6.07, 6.45) is -0.638. The molecule has 14 heavy (non-hydrogen) atoms. The van der Waals surface area contributed by atoms with Crippen molar-refractivity contribution in [2.75, 3.05) is 27.7 Å². The molecule has 1 unspecified atom stereocenters. The number of quaternary nitrogens is 1. The Hall–Kier alpha value is -0.0700. The fourth-order valence-electron chi connectivity index (χ4n) is 0.952. The van der Waals surface area contributed by atoms with Gasteiger partial charge in [-0.05, 0) is 0 Å². The van der Waals surface area contributed by atoms with Crippen LogP contribution in [-0.4, -0.2) is 44.2 Å². The van der Waals surface area contributed by atoms with E-state index in [1.807, 2.05) is 21.1 Å². The zero-order valence-corrected chi connectivity index (χ0v) is 10.2. The minimum Gasteiger partial charge on any atom is -0.550 e. The van der Waals surface area contributed by atoms with E-state index in [0.717, 1.165) is 0 Å². The van der Waals surface area contributed by atoms with Crippen LogP contribution in [0.1, 0.15) is 6.42 Å². The Balaban J connectivity index is -0.000000605. The lowest BCUT2D eigenvalue weighted by Gasteiger charge is -2.28. The summed E-state index contributed by atoms with van der Waals surface area (Å²) in [5.41, 5.74) is 0. The third kappa shape index (κ3) is 11.9. The molecule has 1 atom stereocenters. The van der Waals surface area contributed by atoms with Crippen LogP contribution in [0, 0.1) is 0 Å². The Kier molecular flexibility index (Phi) is 11.5. The minimum absolute atomic E-state index is 0. The van der Waals surface area contributed by atoms with Gasteiger partial charge in [-0.15, -0.1) is 24.8 Å². The van der Waals surface area contributed by atoms with Gasteiger partial charge in [0, 0.05) is 12.4 Å². The van der Waals surface area contributed by atoms with Crippen LogP contribution in [0.3, 0.4) is 0 Å². The largest absolute Gasteiger partial charge is 0.550 e. The number of rotatable bonds is 5. The van der Waals surface area contributed by atoms with Crippen molar-refractivity contribution in [3.05, 3.63) is 0 Å². The highest BCUT2D eigenvalue weighted by Crippen LogP contribution is 2.01. The topological polar surface area (TPSA) is 75.4 Å². The van der Waals surface area contributed by atoms with Gasteiger partial charge in [-0.25, -0.2) is 5.90 Å². The van der Waals surface area contributed by atoms with E-state index >= 15 is 0 Å². The van der Waals surface area contributed by atoms with Gasteiger partial charge in [0.05, 0.1) is 21.1 Å². The van der Waals surface area contributed by atoms with Crippen molar-refractivity contribution >= 4 is 30.8 Å². The predicted molar refractivity (Wildman–Crippen MR) is 56.1 cm³/mol. The molecule has 0 radical (unpaired) electrons. The maximum absolute atomic E-state index is 10.2. The summed E-state index contributed by atoms with van der Waals surface area (Å²) in [6, 6.07) is 0. The normalized spacial score (nSPS) is 12.3. The fraction of sp³-hybridized carbons (Fsp3) is 0.857. The van der Waals surface area contributed by atoms with Gasteiger partial charge in [-0.3, -0.25) is 4.84 Å². The standard InChI is InChI=1S/C7H16N2O3.2ClH/c1-9(2,3)5-6(12-8)4-7(10)11;;/h6H,4-5,8H2,1-3H3;2*1H. The van der Waals surface area contributed by atoms with Crippen molar-refractivity contribution in [1.29, 1.82) is 0 Å². The molecule has 0 bridgehead atoms. The van der Waals surface area contributed by atoms with Crippen molar-refractivity contribution in [2.24, 2.45) is 5.90 Å². The number of carboxylic acids is 1. The molecule has 0 heterocycles. The van der Waals surface area contributed by atoms with Gasteiger partial charge in [-0.2, -0.15) is 0 Å². The molecule has 0 aliphatic rings. The average molecular weight is 249 g/mol. The lowest BCUT2D eigenvalue weighted by Crippen LogP contribution is -2.45. The van der Waals surface area contributed by atoms with Crippen LogP contribution in [-0.2, 0) is 9.63 Å². The summed E-state index contributed by atoms with van der Waals surface area (Å²) in [7, 11) is 5.80. The quantitative estimate of drug-likeness (QED) is 0.497. The molecule has 0 aromatic carbocycles. The zero-order chi connectivity index (χ0) is 9.78. The molecule has 0 amide bonds. The number of nitrogens with two attached hydrogens (primary N) is 1. The number of carboxylic acid groups (broad SMARTS) is 1. The Bertz CT molecular complexity index is 162. The number of halogens is 2. The number of aliphatic carboxylic acids is 1. The van der Waals surface area contributed by atoms with E-state index in [4.69, 9.17) is 5.90 Å². The summed E-state index contributed by atoms with van der Waals surface area (Å²) < 4.78 is 0.606. The number of carbonyl (C=O) groups excluding carboxylic acids is 1. The van der Waals surface area contributed by atoms with Crippen molar-refractivity contribution in [2.45, 2.75) is 12.5 Å². The lowest BCUT2D eigenvalue weighted by molar-refractivity contribution is -0.873. The Labute approximate surface area is 96.6 Å². The van der Waals surface area contributed by atoms with Crippen LogP contribution in [0.2, 0.25) is 0 Å². The smallest absolute Gasteiger partial charge is 0.133 e. The third-order valence-corrected chi connectivity index (χ3v) is 1.34. The first kappa shape index (κ1) is 19.5. The molecule has 2 N–H and O–H groups in total. The van der Waals surface area contributed by atoms with E-state index in [2.05, 4.69) is 4.84 Å². The molecule has 5 nitrogen and oxygen atoms in total. The van der Waals surface area contributed by atoms with E-state index in [9.17, 15) is 9.90 Å². The molecular formula is C7H18Cl2N2O3. The summed E-state index contributed by atoms with van der Waals surface area (Å²) >= 11 is 0. The molecule has 7 heteroatoms. The summed E-state index contributed by atoms with van der Waals surface area (Å²) in [6.45, 7) is 0.546. The van der Waals surface area contributed by atoms with Gasteiger partial charge in [-0.1, -0.05) is 0 Å². The van der Waals surface area contributed by atoms with Crippen LogP contribution in [0.25, 0.3) is 0 Å². The zero-order valence-electron chi connectivity index (χ0n) is 8.56. The summed E-state index contributed by atoms with van der Waals surface area (Å²) in [4.78, 5) is 14.7.